The quantitative estimate of drug-likeness (QED) is 0.611. The fraction of sp³-hybridized carbons (Fsp3) is 1.00. The van der Waals surface area contributed by atoms with Crippen LogP contribution in [0.5, 0.6) is 0 Å². The molecule has 104 valence electrons. The van der Waals surface area contributed by atoms with Gasteiger partial charge >= 0.3 is 29.6 Å². The van der Waals surface area contributed by atoms with Gasteiger partial charge < -0.3 is 4.65 Å². The average molecular weight is 296 g/mol. The number of hydrogen-bond acceptors (Lipinski definition) is 0. The van der Waals surface area contributed by atoms with Crippen molar-refractivity contribution in [1.29, 1.82) is 0 Å². The third-order valence-electron chi connectivity index (χ3n) is 5.04. The minimum absolute atomic E-state index is 0. The molecule has 0 unspecified atom stereocenters. The van der Waals surface area contributed by atoms with Gasteiger partial charge in [-0.3, -0.25) is 0 Å². The Morgan fingerprint density at radius 2 is 0.889 bits per heavy atom. The Hall–Kier alpha value is 1.39. The van der Waals surface area contributed by atoms with Gasteiger partial charge in [-0.25, -0.2) is 0 Å². The molecular formula is C14H34NNaSi2. The topological polar surface area (TPSA) is 14.1 Å². The fourth-order valence-corrected chi connectivity index (χ4v) is 15.6. The molecule has 0 amide bonds. The van der Waals surface area contributed by atoms with Gasteiger partial charge in [0.2, 0.25) is 0 Å². The molecule has 0 aromatic heterocycles. The van der Waals surface area contributed by atoms with Gasteiger partial charge in [-0.2, -0.15) is 0 Å². The van der Waals surface area contributed by atoms with Crippen molar-refractivity contribution < 1.29 is 29.6 Å². The minimum Gasteiger partial charge on any atom is -0.666 e. The monoisotopic (exact) mass is 295 g/mol. The normalized spacial score (nSPS) is 13.0. The molecule has 0 aliphatic carbocycles. The van der Waals surface area contributed by atoms with Gasteiger partial charge in [0, 0.05) is 0 Å². The van der Waals surface area contributed by atoms with Crippen molar-refractivity contribution in [2.75, 3.05) is 0 Å². The van der Waals surface area contributed by atoms with E-state index in [0.717, 1.165) is 11.1 Å². The molecule has 0 aliphatic rings. The largest absolute Gasteiger partial charge is 1.00 e. The minimum atomic E-state index is -1.37. The van der Waals surface area contributed by atoms with E-state index < -0.39 is 16.5 Å². The number of hydrogen-bond donors (Lipinski definition) is 0. The van der Waals surface area contributed by atoms with Gasteiger partial charge in [-0.05, 0) is 0 Å². The molecule has 0 N–H and O–H groups in total. The van der Waals surface area contributed by atoms with Crippen molar-refractivity contribution in [1.82, 2.24) is 0 Å². The van der Waals surface area contributed by atoms with E-state index in [1.54, 1.807) is 0 Å². The third-order valence-corrected chi connectivity index (χ3v) is 17.8. The Labute approximate surface area is 140 Å². The maximum Gasteiger partial charge on any atom is 1.00 e. The van der Waals surface area contributed by atoms with Crippen LogP contribution < -0.4 is 29.6 Å². The van der Waals surface area contributed by atoms with Crippen molar-refractivity contribution in [2.45, 2.75) is 90.6 Å². The van der Waals surface area contributed by atoms with E-state index in [1.807, 2.05) is 0 Å². The zero-order valence-corrected chi connectivity index (χ0v) is 18.4. The number of nitrogens with zero attached hydrogens (tertiary/aromatic N) is 1. The summed E-state index contributed by atoms with van der Waals surface area (Å²) >= 11 is 0. The zero-order chi connectivity index (χ0) is 13.7. The maximum absolute atomic E-state index is 5.69. The number of rotatable bonds is 8. The smallest absolute Gasteiger partial charge is 0.666 e. The first-order valence-corrected chi connectivity index (χ1v) is 12.5. The Morgan fingerprint density at radius 1 is 0.667 bits per heavy atom. The molecular weight excluding hydrogens is 261 g/mol. The summed E-state index contributed by atoms with van der Waals surface area (Å²) in [5, 5.41) is 0. The molecule has 0 aliphatic heterocycles. The molecule has 0 saturated heterocycles. The fourth-order valence-electron chi connectivity index (χ4n) is 3.15. The Bertz CT molecular complexity index is 190. The molecule has 0 aromatic carbocycles. The molecule has 0 saturated carbocycles. The van der Waals surface area contributed by atoms with E-state index in [2.05, 4.69) is 55.4 Å². The van der Waals surface area contributed by atoms with E-state index in [1.165, 1.54) is 24.2 Å². The predicted octanol–water partition coefficient (Wildman–Crippen LogP) is 3.15. The zero-order valence-electron chi connectivity index (χ0n) is 14.4. The molecule has 18 heavy (non-hydrogen) atoms. The first-order valence-electron chi connectivity index (χ1n) is 7.58. The molecule has 1 nitrogen and oxygen atoms in total. The van der Waals surface area contributed by atoms with Crippen molar-refractivity contribution in [3.8, 4) is 0 Å². The van der Waals surface area contributed by atoms with E-state index in [-0.39, 0.29) is 29.6 Å². The van der Waals surface area contributed by atoms with Crippen LogP contribution in [-0.2, 0) is 0 Å². The summed E-state index contributed by atoms with van der Waals surface area (Å²) < 4.78 is 5.69. The van der Waals surface area contributed by atoms with E-state index in [0.29, 0.717) is 0 Å². The first-order chi connectivity index (χ1) is 7.84. The molecule has 0 aromatic rings. The van der Waals surface area contributed by atoms with Crippen molar-refractivity contribution in [3.63, 3.8) is 0 Å². The second-order valence-corrected chi connectivity index (χ2v) is 16.5. The summed E-state index contributed by atoms with van der Waals surface area (Å²) in [7, 11) is -2.75. The van der Waals surface area contributed by atoms with Crippen LogP contribution >= 0.6 is 0 Å². The second kappa shape index (κ2) is 9.35. The van der Waals surface area contributed by atoms with Crippen LogP contribution in [0.15, 0.2) is 0 Å². The molecule has 0 fully saturated rings. The first kappa shape index (κ1) is 21.7. The summed E-state index contributed by atoms with van der Waals surface area (Å²) in [5.74, 6) is 0. The Morgan fingerprint density at radius 3 is 1.00 bits per heavy atom. The maximum atomic E-state index is 5.69. The van der Waals surface area contributed by atoms with Crippen LogP contribution in [0.1, 0.15) is 55.4 Å². The Kier molecular flexibility index (Phi) is 11.3. The van der Waals surface area contributed by atoms with Crippen LogP contribution in [0, 0.1) is 0 Å². The van der Waals surface area contributed by atoms with E-state index in [4.69, 9.17) is 4.65 Å². The van der Waals surface area contributed by atoms with Gasteiger partial charge in [0.25, 0.3) is 0 Å². The van der Waals surface area contributed by atoms with Gasteiger partial charge in [0.15, 0.2) is 0 Å². The van der Waals surface area contributed by atoms with Gasteiger partial charge in [0.1, 0.15) is 0 Å². The molecule has 4 heteroatoms. The van der Waals surface area contributed by atoms with Crippen LogP contribution in [0.4, 0.5) is 0 Å². The molecule has 0 bridgehead atoms. The van der Waals surface area contributed by atoms with Crippen molar-refractivity contribution in [3.05, 3.63) is 4.65 Å². The van der Waals surface area contributed by atoms with Crippen molar-refractivity contribution in [2.24, 2.45) is 0 Å². The molecule has 0 atom stereocenters. The van der Waals surface area contributed by atoms with Crippen LogP contribution in [0.3, 0.4) is 0 Å². The van der Waals surface area contributed by atoms with Crippen LogP contribution in [0.2, 0.25) is 35.3 Å². The van der Waals surface area contributed by atoms with Crippen LogP contribution in [-0.4, -0.2) is 16.5 Å². The molecule has 0 radical (unpaired) electrons. The van der Waals surface area contributed by atoms with E-state index in [9.17, 15) is 0 Å². The molecule has 0 heterocycles. The van der Waals surface area contributed by atoms with Gasteiger partial charge in [-0.15, -0.1) is 0 Å². The summed E-state index contributed by atoms with van der Waals surface area (Å²) in [6.07, 6.45) is 0. The Balaban J connectivity index is 0. The van der Waals surface area contributed by atoms with Crippen molar-refractivity contribution >= 4 is 16.5 Å². The standard InChI is InChI=1S/C14H34NSi2.Na/c1-9-16(10-2,13(5)6)15-17(11-3,12-4)14(7)8;/h13-14H,9-12H2,1-8H3;/q-1;+1. The van der Waals surface area contributed by atoms with E-state index >= 15 is 0 Å². The average Bonchev–Trinajstić information content (AvgIpc) is 2.31. The summed E-state index contributed by atoms with van der Waals surface area (Å²) in [4.78, 5) is 0. The summed E-state index contributed by atoms with van der Waals surface area (Å²) in [6, 6.07) is 5.34. The summed E-state index contributed by atoms with van der Waals surface area (Å²) in [6.45, 7) is 19.2. The molecule has 0 rings (SSSR count). The third kappa shape index (κ3) is 4.74. The predicted molar refractivity (Wildman–Crippen MR) is 87.0 cm³/mol. The van der Waals surface area contributed by atoms with Crippen LogP contribution in [0.25, 0.3) is 4.65 Å². The second-order valence-electron chi connectivity index (χ2n) is 6.04. The molecule has 0 spiro atoms. The summed E-state index contributed by atoms with van der Waals surface area (Å²) in [5.41, 5.74) is 1.61. The van der Waals surface area contributed by atoms with Gasteiger partial charge in [-0.1, -0.05) is 107 Å². The SMILES string of the molecule is CC[Si](CC)([N-][Si](CC)(CC)C(C)C)C(C)C.[Na+]. The van der Waals surface area contributed by atoms with Gasteiger partial charge in [0.05, 0.1) is 0 Å².